The van der Waals surface area contributed by atoms with E-state index in [1.165, 1.54) is 4.57 Å². The second-order valence-corrected chi connectivity index (χ2v) is 3.62. The van der Waals surface area contributed by atoms with E-state index in [1.54, 1.807) is 0 Å². The third-order valence-electron chi connectivity index (χ3n) is 2.12. The average Bonchev–Trinajstić information content (AvgIpc) is 2.55. The predicted octanol–water partition coefficient (Wildman–Crippen LogP) is 0.485. The molecule has 0 amide bonds. The summed E-state index contributed by atoms with van der Waals surface area (Å²) in [7, 11) is 0. The Hall–Kier alpha value is -1.63. The van der Waals surface area contributed by atoms with Gasteiger partial charge in [-0.1, -0.05) is 6.92 Å². The molecule has 7 heteroatoms. The number of nitrogens with one attached hydrogen (secondary N) is 3. The Balaban J connectivity index is 2.95. The second kappa shape index (κ2) is 3.50. The molecule has 0 aromatic carbocycles. The molecule has 15 heavy (non-hydrogen) atoms. The van der Waals surface area contributed by atoms with Crippen molar-refractivity contribution in [1.82, 2.24) is 19.5 Å². The monoisotopic (exact) mass is 226 g/mol. The fraction of sp³-hybridized carbons (Fsp3) is 0.375. The molecule has 0 fully saturated rings. The highest BCUT2D eigenvalue weighted by molar-refractivity contribution is 7.71. The Morgan fingerprint density at radius 1 is 1.27 bits per heavy atom. The molecule has 6 nitrogen and oxygen atoms in total. The summed E-state index contributed by atoms with van der Waals surface area (Å²) >= 11 is 4.88. The van der Waals surface area contributed by atoms with Crippen LogP contribution < -0.4 is 11.2 Å². The van der Waals surface area contributed by atoms with Crippen LogP contribution in [0.1, 0.15) is 13.3 Å². The summed E-state index contributed by atoms with van der Waals surface area (Å²) in [6.07, 6.45) is 0.798. The maximum absolute atomic E-state index is 11.5. The summed E-state index contributed by atoms with van der Waals surface area (Å²) in [6.45, 7) is 2.49. The molecule has 0 aliphatic heterocycles. The zero-order valence-corrected chi connectivity index (χ0v) is 8.90. The summed E-state index contributed by atoms with van der Waals surface area (Å²) < 4.78 is 1.80. The van der Waals surface area contributed by atoms with E-state index in [1.807, 2.05) is 6.92 Å². The van der Waals surface area contributed by atoms with Gasteiger partial charge in [-0.25, -0.2) is 4.79 Å². The van der Waals surface area contributed by atoms with Crippen LogP contribution in [-0.4, -0.2) is 19.5 Å². The number of aromatic amines is 3. The third-order valence-corrected chi connectivity index (χ3v) is 2.32. The van der Waals surface area contributed by atoms with Gasteiger partial charge < -0.3 is 9.97 Å². The number of aryl methyl sites for hydroxylation is 1. The first-order valence-corrected chi connectivity index (χ1v) is 4.99. The third kappa shape index (κ3) is 1.54. The van der Waals surface area contributed by atoms with Crippen LogP contribution in [0, 0.1) is 4.77 Å². The fourth-order valence-corrected chi connectivity index (χ4v) is 1.71. The zero-order chi connectivity index (χ0) is 11.0. The van der Waals surface area contributed by atoms with Gasteiger partial charge in [0.25, 0.3) is 5.56 Å². The van der Waals surface area contributed by atoms with E-state index in [4.69, 9.17) is 12.2 Å². The minimum atomic E-state index is -0.449. The number of H-pyrrole nitrogens is 3. The van der Waals surface area contributed by atoms with Crippen LogP contribution in [0.3, 0.4) is 0 Å². The van der Waals surface area contributed by atoms with E-state index in [0.29, 0.717) is 22.5 Å². The van der Waals surface area contributed by atoms with E-state index in [0.717, 1.165) is 6.42 Å². The van der Waals surface area contributed by atoms with Crippen LogP contribution in [0.15, 0.2) is 9.59 Å². The summed E-state index contributed by atoms with van der Waals surface area (Å²) in [5.41, 5.74) is -0.0991. The lowest BCUT2D eigenvalue weighted by Crippen LogP contribution is -2.30. The number of imidazole rings is 1. The van der Waals surface area contributed by atoms with Crippen molar-refractivity contribution in [3.63, 3.8) is 0 Å². The van der Waals surface area contributed by atoms with Gasteiger partial charge in [-0.05, 0) is 18.6 Å². The van der Waals surface area contributed by atoms with E-state index in [-0.39, 0.29) is 0 Å². The van der Waals surface area contributed by atoms with Crippen molar-refractivity contribution in [2.75, 3.05) is 0 Å². The van der Waals surface area contributed by atoms with Crippen LogP contribution >= 0.6 is 12.2 Å². The van der Waals surface area contributed by atoms with Gasteiger partial charge in [0.05, 0.1) is 0 Å². The Bertz CT molecular complexity index is 660. The van der Waals surface area contributed by atoms with Gasteiger partial charge in [-0.15, -0.1) is 0 Å². The number of hydrogen-bond donors (Lipinski definition) is 3. The molecule has 3 N–H and O–H groups in total. The Kier molecular flexibility index (Phi) is 2.31. The lowest BCUT2D eigenvalue weighted by Gasteiger charge is -2.02. The molecule has 0 aliphatic carbocycles. The molecule has 0 saturated carbocycles. The molecule has 2 heterocycles. The minimum Gasteiger partial charge on any atom is -0.325 e. The summed E-state index contributed by atoms with van der Waals surface area (Å²) in [6, 6.07) is 0. The predicted molar refractivity (Wildman–Crippen MR) is 58.7 cm³/mol. The Morgan fingerprint density at radius 3 is 2.67 bits per heavy atom. The highest BCUT2D eigenvalue weighted by Gasteiger charge is 2.08. The first-order chi connectivity index (χ1) is 7.13. The van der Waals surface area contributed by atoms with Crippen molar-refractivity contribution in [3.05, 3.63) is 25.6 Å². The van der Waals surface area contributed by atoms with E-state index in [2.05, 4.69) is 15.0 Å². The minimum absolute atomic E-state index is 0.313. The number of fused-ring (bicyclic) bond motifs is 1. The first-order valence-electron chi connectivity index (χ1n) is 4.58. The van der Waals surface area contributed by atoms with Gasteiger partial charge in [-0.3, -0.25) is 14.3 Å². The van der Waals surface area contributed by atoms with Crippen LogP contribution in [0.25, 0.3) is 11.2 Å². The van der Waals surface area contributed by atoms with Crippen molar-refractivity contribution in [2.45, 2.75) is 19.9 Å². The standard InChI is InChI=1S/C8H10N4O2S/c1-2-3-12-5-4(9-7(15)10-5)6(13)11-8(12)14/h2-3H2,1H3,(H2,9,10,15)(H,11,13,14). The zero-order valence-electron chi connectivity index (χ0n) is 8.09. The number of nitrogens with zero attached hydrogens (tertiary/aromatic N) is 1. The van der Waals surface area contributed by atoms with Crippen LogP contribution in [0.2, 0.25) is 0 Å². The van der Waals surface area contributed by atoms with Crippen LogP contribution in [0.4, 0.5) is 0 Å². The van der Waals surface area contributed by atoms with Crippen molar-refractivity contribution in [1.29, 1.82) is 0 Å². The molecule has 2 rings (SSSR count). The summed E-state index contributed by atoms with van der Waals surface area (Å²) in [5.74, 6) is 0. The first kappa shape index (κ1) is 9.91. The van der Waals surface area contributed by atoms with Crippen molar-refractivity contribution in [3.8, 4) is 0 Å². The molecule has 0 unspecified atom stereocenters. The fourth-order valence-electron chi connectivity index (χ4n) is 1.51. The van der Waals surface area contributed by atoms with Gasteiger partial charge in [0.1, 0.15) is 11.2 Å². The quantitative estimate of drug-likeness (QED) is 0.651. The Morgan fingerprint density at radius 2 is 2.00 bits per heavy atom. The van der Waals surface area contributed by atoms with Crippen LogP contribution in [0.5, 0.6) is 0 Å². The molecule has 0 atom stereocenters. The summed E-state index contributed by atoms with van der Waals surface area (Å²) in [5, 5.41) is 0. The molecule has 0 aliphatic rings. The molecule has 0 bridgehead atoms. The molecule has 0 spiro atoms. The van der Waals surface area contributed by atoms with Gasteiger partial charge in [0.2, 0.25) is 0 Å². The molecule has 0 radical (unpaired) electrons. The van der Waals surface area contributed by atoms with Crippen molar-refractivity contribution < 1.29 is 0 Å². The Labute approximate surface area is 89.0 Å². The highest BCUT2D eigenvalue weighted by atomic mass is 32.1. The van der Waals surface area contributed by atoms with Gasteiger partial charge in [-0.2, -0.15) is 0 Å². The maximum Gasteiger partial charge on any atom is 0.330 e. The normalized spacial score (nSPS) is 11.0. The van der Waals surface area contributed by atoms with Crippen LogP contribution in [-0.2, 0) is 6.54 Å². The molecule has 2 aromatic rings. The molecule has 80 valence electrons. The number of hydrogen-bond acceptors (Lipinski definition) is 3. The van der Waals surface area contributed by atoms with E-state index >= 15 is 0 Å². The van der Waals surface area contributed by atoms with Crippen molar-refractivity contribution in [2.24, 2.45) is 0 Å². The molecular weight excluding hydrogens is 216 g/mol. The smallest absolute Gasteiger partial charge is 0.325 e. The second-order valence-electron chi connectivity index (χ2n) is 3.21. The molecule has 0 saturated heterocycles. The maximum atomic E-state index is 11.5. The largest absolute Gasteiger partial charge is 0.330 e. The number of rotatable bonds is 2. The SMILES string of the molecule is CCCn1c(=O)[nH]c(=O)c2[nH]c(=S)[nH]c21. The van der Waals surface area contributed by atoms with Crippen molar-refractivity contribution >= 4 is 23.4 Å². The lowest BCUT2D eigenvalue weighted by atomic mass is 10.4. The van der Waals surface area contributed by atoms with E-state index in [9.17, 15) is 9.59 Å². The van der Waals surface area contributed by atoms with E-state index < -0.39 is 11.2 Å². The van der Waals surface area contributed by atoms with Gasteiger partial charge in [0.15, 0.2) is 4.77 Å². The van der Waals surface area contributed by atoms with Gasteiger partial charge >= 0.3 is 5.69 Å². The lowest BCUT2D eigenvalue weighted by molar-refractivity contribution is 0.652. The number of aromatic nitrogens is 4. The molecular formula is C8H10N4O2S. The average molecular weight is 226 g/mol. The van der Waals surface area contributed by atoms with Gasteiger partial charge in [0, 0.05) is 6.54 Å². The highest BCUT2D eigenvalue weighted by Crippen LogP contribution is 2.02. The topological polar surface area (TPSA) is 86.4 Å². The molecule has 2 aromatic heterocycles. The summed E-state index contributed by atoms with van der Waals surface area (Å²) in [4.78, 5) is 30.6.